The van der Waals surface area contributed by atoms with Crippen molar-refractivity contribution in [2.45, 2.75) is 6.92 Å². The van der Waals surface area contributed by atoms with Gasteiger partial charge in [-0.3, -0.25) is 0 Å². The van der Waals surface area contributed by atoms with E-state index in [1.54, 1.807) is 12.1 Å². The molecule has 0 saturated heterocycles. The van der Waals surface area contributed by atoms with Crippen LogP contribution in [-0.4, -0.2) is 10.1 Å². The van der Waals surface area contributed by atoms with Crippen LogP contribution in [0.5, 0.6) is 5.75 Å². The molecule has 0 unspecified atom stereocenters. The smallest absolute Gasteiger partial charge is 0.141 e. The Balaban J connectivity index is 2.09. The molecular weight excluding hydrogens is 250 g/mol. The Bertz CT molecular complexity index is 782. The molecule has 0 radical (unpaired) electrons. The van der Waals surface area contributed by atoms with Gasteiger partial charge in [0.15, 0.2) is 0 Å². The van der Waals surface area contributed by atoms with Gasteiger partial charge >= 0.3 is 0 Å². The Hall–Kier alpha value is -2.75. The molecular formula is C16H13N3O. The molecule has 2 aromatic carbocycles. The Kier molecular flexibility index (Phi) is 3.13. The second-order valence-electron chi connectivity index (χ2n) is 4.49. The molecule has 0 aliphatic heterocycles. The molecule has 0 spiro atoms. The number of benzene rings is 2. The number of aromatic hydroxyl groups is 1. The van der Waals surface area contributed by atoms with E-state index in [2.05, 4.69) is 15.2 Å². The number of hydrogen-bond donors (Lipinski definition) is 1. The molecule has 0 atom stereocenters. The summed E-state index contributed by atoms with van der Waals surface area (Å²) in [5.74, 6) is 0.155. The Morgan fingerprint density at radius 1 is 0.900 bits per heavy atom. The highest BCUT2D eigenvalue weighted by molar-refractivity contribution is 5.93. The van der Waals surface area contributed by atoms with Gasteiger partial charge in [0.05, 0.1) is 11.4 Å². The summed E-state index contributed by atoms with van der Waals surface area (Å²) in [6.45, 7) is 1.89. The van der Waals surface area contributed by atoms with Crippen LogP contribution < -0.4 is 0 Å². The lowest BCUT2D eigenvalue weighted by Crippen LogP contribution is -1.83. The molecule has 20 heavy (non-hydrogen) atoms. The van der Waals surface area contributed by atoms with Crippen molar-refractivity contribution >= 4 is 22.3 Å². The normalized spacial score (nSPS) is 11.2. The lowest BCUT2D eigenvalue weighted by atomic mass is 10.1. The highest BCUT2D eigenvalue weighted by atomic mass is 16.3. The number of aromatic nitrogens is 1. The van der Waals surface area contributed by atoms with Crippen molar-refractivity contribution in [2.24, 2.45) is 10.2 Å². The average Bonchev–Trinajstić information content (AvgIpc) is 2.48. The summed E-state index contributed by atoms with van der Waals surface area (Å²) in [5, 5.41) is 19.1. The van der Waals surface area contributed by atoms with Crippen LogP contribution in [-0.2, 0) is 0 Å². The summed E-state index contributed by atoms with van der Waals surface area (Å²) in [6, 6.07) is 16.6. The molecule has 0 bridgehead atoms. The van der Waals surface area contributed by atoms with E-state index < -0.39 is 0 Å². The SMILES string of the molecule is Cc1ccc2c(N=Nc3ccccc3)ccc(O)c2n1. The van der Waals surface area contributed by atoms with Crippen molar-refractivity contribution < 1.29 is 5.11 Å². The monoisotopic (exact) mass is 263 g/mol. The number of nitrogens with zero attached hydrogens (tertiary/aromatic N) is 3. The molecule has 0 aliphatic rings. The first-order valence-electron chi connectivity index (χ1n) is 6.30. The third-order valence-electron chi connectivity index (χ3n) is 2.98. The van der Waals surface area contributed by atoms with Gasteiger partial charge in [0, 0.05) is 11.1 Å². The highest BCUT2D eigenvalue weighted by Crippen LogP contribution is 2.32. The largest absolute Gasteiger partial charge is 0.506 e. The summed E-state index contributed by atoms with van der Waals surface area (Å²) in [4.78, 5) is 4.34. The molecule has 4 nitrogen and oxygen atoms in total. The molecule has 0 saturated carbocycles. The van der Waals surface area contributed by atoms with Crippen molar-refractivity contribution in [3.8, 4) is 5.75 Å². The zero-order chi connectivity index (χ0) is 13.9. The van der Waals surface area contributed by atoms with Crippen LogP contribution in [0, 0.1) is 6.92 Å². The van der Waals surface area contributed by atoms with Gasteiger partial charge in [-0.25, -0.2) is 4.98 Å². The quantitative estimate of drug-likeness (QED) is 0.683. The second-order valence-corrected chi connectivity index (χ2v) is 4.49. The molecule has 0 fully saturated rings. The van der Waals surface area contributed by atoms with Gasteiger partial charge in [0.25, 0.3) is 0 Å². The average molecular weight is 263 g/mol. The number of hydrogen-bond acceptors (Lipinski definition) is 4. The fraction of sp³-hybridized carbons (Fsp3) is 0.0625. The van der Waals surface area contributed by atoms with Gasteiger partial charge in [-0.2, -0.15) is 5.11 Å². The van der Waals surface area contributed by atoms with Crippen LogP contribution in [0.1, 0.15) is 5.69 Å². The number of phenolic OH excluding ortho intramolecular Hbond substituents is 1. The Morgan fingerprint density at radius 2 is 1.70 bits per heavy atom. The first kappa shape index (κ1) is 12.3. The predicted octanol–water partition coefficient (Wildman–Crippen LogP) is 4.66. The minimum atomic E-state index is 0.155. The molecule has 1 N–H and O–H groups in total. The first-order chi connectivity index (χ1) is 9.74. The van der Waals surface area contributed by atoms with E-state index in [1.165, 1.54) is 0 Å². The number of rotatable bonds is 2. The lowest BCUT2D eigenvalue weighted by molar-refractivity contribution is 0.480. The molecule has 3 rings (SSSR count). The Morgan fingerprint density at radius 3 is 2.50 bits per heavy atom. The minimum absolute atomic E-state index is 0.155. The van der Waals surface area contributed by atoms with Gasteiger partial charge < -0.3 is 5.11 Å². The standard InChI is InChI=1S/C16H13N3O/c1-11-7-8-13-14(9-10-15(20)16(13)17-11)19-18-12-5-3-2-4-6-12/h2-10,20H,1H3. The van der Waals surface area contributed by atoms with Crippen molar-refractivity contribution in [3.05, 3.63) is 60.3 Å². The van der Waals surface area contributed by atoms with Gasteiger partial charge in [-0.1, -0.05) is 18.2 Å². The van der Waals surface area contributed by atoms with Crippen LogP contribution in [0.3, 0.4) is 0 Å². The number of phenols is 1. The van der Waals surface area contributed by atoms with Crippen LogP contribution in [0.25, 0.3) is 10.9 Å². The van der Waals surface area contributed by atoms with Crippen molar-refractivity contribution in [3.63, 3.8) is 0 Å². The number of aryl methyl sites for hydroxylation is 1. The van der Waals surface area contributed by atoms with Crippen LogP contribution in [0.2, 0.25) is 0 Å². The maximum atomic E-state index is 9.87. The van der Waals surface area contributed by atoms with Crippen molar-refractivity contribution in [1.82, 2.24) is 4.98 Å². The molecule has 1 heterocycles. The predicted molar refractivity (Wildman–Crippen MR) is 78.8 cm³/mol. The van der Waals surface area contributed by atoms with E-state index in [9.17, 15) is 5.11 Å². The Labute approximate surface area is 116 Å². The van der Waals surface area contributed by atoms with E-state index in [-0.39, 0.29) is 5.75 Å². The van der Waals surface area contributed by atoms with Gasteiger partial charge in [-0.15, -0.1) is 5.11 Å². The molecule has 4 heteroatoms. The van der Waals surface area contributed by atoms with Crippen LogP contribution in [0.15, 0.2) is 64.8 Å². The number of azo groups is 1. The molecule has 0 amide bonds. The summed E-state index contributed by atoms with van der Waals surface area (Å²) < 4.78 is 0. The topological polar surface area (TPSA) is 57.8 Å². The van der Waals surface area contributed by atoms with E-state index >= 15 is 0 Å². The number of pyridine rings is 1. The summed E-state index contributed by atoms with van der Waals surface area (Å²) in [7, 11) is 0. The lowest BCUT2D eigenvalue weighted by Gasteiger charge is -2.04. The summed E-state index contributed by atoms with van der Waals surface area (Å²) >= 11 is 0. The van der Waals surface area contributed by atoms with Gasteiger partial charge in [0.1, 0.15) is 11.3 Å². The van der Waals surface area contributed by atoms with E-state index in [1.807, 2.05) is 49.4 Å². The number of fused-ring (bicyclic) bond motifs is 1. The highest BCUT2D eigenvalue weighted by Gasteiger charge is 2.06. The zero-order valence-corrected chi connectivity index (χ0v) is 11.0. The first-order valence-corrected chi connectivity index (χ1v) is 6.30. The maximum absolute atomic E-state index is 9.87. The van der Waals surface area contributed by atoms with Crippen molar-refractivity contribution in [2.75, 3.05) is 0 Å². The van der Waals surface area contributed by atoms with E-state index in [4.69, 9.17) is 0 Å². The minimum Gasteiger partial charge on any atom is -0.506 e. The maximum Gasteiger partial charge on any atom is 0.141 e. The van der Waals surface area contributed by atoms with Gasteiger partial charge in [-0.05, 0) is 43.3 Å². The van der Waals surface area contributed by atoms with E-state index in [0.29, 0.717) is 11.2 Å². The van der Waals surface area contributed by atoms with Crippen LogP contribution in [0.4, 0.5) is 11.4 Å². The van der Waals surface area contributed by atoms with E-state index in [0.717, 1.165) is 16.8 Å². The second kappa shape index (κ2) is 5.09. The fourth-order valence-corrected chi connectivity index (χ4v) is 1.98. The molecule has 1 aromatic heterocycles. The van der Waals surface area contributed by atoms with Gasteiger partial charge in [0.2, 0.25) is 0 Å². The van der Waals surface area contributed by atoms with Crippen molar-refractivity contribution in [1.29, 1.82) is 0 Å². The molecule has 0 aliphatic carbocycles. The summed E-state index contributed by atoms with van der Waals surface area (Å²) in [5.41, 5.74) is 2.88. The molecule has 98 valence electrons. The fourth-order valence-electron chi connectivity index (χ4n) is 1.98. The summed E-state index contributed by atoms with van der Waals surface area (Å²) in [6.07, 6.45) is 0. The zero-order valence-electron chi connectivity index (χ0n) is 11.0. The molecule has 3 aromatic rings. The third-order valence-corrected chi connectivity index (χ3v) is 2.98. The third kappa shape index (κ3) is 2.36. The van der Waals surface area contributed by atoms with Crippen LogP contribution >= 0.6 is 0 Å².